The van der Waals surface area contributed by atoms with Gasteiger partial charge in [-0.25, -0.2) is 9.79 Å². The SMILES string of the molecule is CCNC(=NCc1ccc(OCCCN(C)C)cc1)NCCCNC(=O)OC(C)(C)C. The molecule has 0 atom stereocenters. The van der Waals surface area contributed by atoms with E-state index in [0.717, 1.165) is 43.2 Å². The second-order valence-electron chi connectivity index (χ2n) is 8.55. The average molecular weight is 436 g/mol. The van der Waals surface area contributed by atoms with Gasteiger partial charge in [0.05, 0.1) is 13.2 Å². The molecule has 31 heavy (non-hydrogen) atoms. The highest BCUT2D eigenvalue weighted by molar-refractivity contribution is 5.79. The van der Waals surface area contributed by atoms with Crippen LogP contribution in [-0.2, 0) is 11.3 Å². The molecule has 8 nitrogen and oxygen atoms in total. The molecule has 0 aliphatic carbocycles. The summed E-state index contributed by atoms with van der Waals surface area (Å²) in [5.41, 5.74) is 0.633. The zero-order valence-electron chi connectivity index (χ0n) is 20.1. The molecule has 0 fully saturated rings. The lowest BCUT2D eigenvalue weighted by Gasteiger charge is -2.19. The standard InChI is InChI=1S/C23H41N5O3/c1-7-24-21(25-14-8-15-26-22(29)31-23(2,3)4)27-18-19-10-12-20(13-11-19)30-17-9-16-28(5)6/h10-13H,7-9,14-18H2,1-6H3,(H,26,29)(H2,24,25,27). The van der Waals surface area contributed by atoms with Crippen LogP contribution in [0.25, 0.3) is 0 Å². The molecule has 1 amide bonds. The van der Waals surface area contributed by atoms with Crippen LogP contribution in [0, 0.1) is 0 Å². The van der Waals surface area contributed by atoms with Gasteiger partial charge in [0.15, 0.2) is 5.96 Å². The van der Waals surface area contributed by atoms with Crippen LogP contribution in [0.15, 0.2) is 29.3 Å². The molecule has 0 bridgehead atoms. The van der Waals surface area contributed by atoms with Crippen molar-refractivity contribution in [1.82, 2.24) is 20.9 Å². The first-order valence-electron chi connectivity index (χ1n) is 11.0. The summed E-state index contributed by atoms with van der Waals surface area (Å²) in [4.78, 5) is 18.4. The molecule has 0 radical (unpaired) electrons. The lowest BCUT2D eigenvalue weighted by molar-refractivity contribution is 0.0527. The van der Waals surface area contributed by atoms with Gasteiger partial charge in [0.1, 0.15) is 11.4 Å². The summed E-state index contributed by atoms with van der Waals surface area (Å²) >= 11 is 0. The van der Waals surface area contributed by atoms with Crippen molar-refractivity contribution in [2.24, 2.45) is 4.99 Å². The first-order valence-corrected chi connectivity index (χ1v) is 11.0. The van der Waals surface area contributed by atoms with E-state index in [4.69, 9.17) is 9.47 Å². The second kappa shape index (κ2) is 14.5. The normalized spacial score (nSPS) is 11.9. The fourth-order valence-electron chi connectivity index (χ4n) is 2.57. The summed E-state index contributed by atoms with van der Waals surface area (Å²) in [6, 6.07) is 8.06. The number of hydrogen-bond acceptors (Lipinski definition) is 5. The van der Waals surface area contributed by atoms with Gasteiger partial charge >= 0.3 is 6.09 Å². The maximum Gasteiger partial charge on any atom is 0.407 e. The minimum Gasteiger partial charge on any atom is -0.494 e. The minimum atomic E-state index is -0.483. The Morgan fingerprint density at radius 2 is 1.71 bits per heavy atom. The second-order valence-corrected chi connectivity index (χ2v) is 8.55. The molecule has 0 unspecified atom stereocenters. The molecule has 0 heterocycles. The molecule has 0 aromatic heterocycles. The molecule has 1 aromatic carbocycles. The molecule has 1 rings (SSSR count). The number of aliphatic imine (C=N–C) groups is 1. The molecule has 176 valence electrons. The molecule has 8 heteroatoms. The van der Waals surface area contributed by atoms with Crippen LogP contribution >= 0.6 is 0 Å². The number of ether oxygens (including phenoxy) is 2. The number of alkyl carbamates (subject to hydrolysis) is 1. The van der Waals surface area contributed by atoms with Gasteiger partial charge in [-0.05, 0) is 72.3 Å². The van der Waals surface area contributed by atoms with Gasteiger partial charge in [-0.1, -0.05) is 12.1 Å². The predicted molar refractivity (Wildman–Crippen MR) is 127 cm³/mol. The van der Waals surface area contributed by atoms with Gasteiger partial charge in [-0.15, -0.1) is 0 Å². The van der Waals surface area contributed by atoms with Crippen LogP contribution in [0.2, 0.25) is 0 Å². The lowest BCUT2D eigenvalue weighted by Crippen LogP contribution is -2.39. The highest BCUT2D eigenvalue weighted by Crippen LogP contribution is 2.13. The van der Waals surface area contributed by atoms with Crippen LogP contribution < -0.4 is 20.7 Å². The lowest BCUT2D eigenvalue weighted by atomic mass is 10.2. The Balaban J connectivity index is 2.35. The zero-order chi connectivity index (χ0) is 23.1. The zero-order valence-corrected chi connectivity index (χ0v) is 20.1. The van der Waals surface area contributed by atoms with E-state index < -0.39 is 11.7 Å². The van der Waals surface area contributed by atoms with E-state index in [9.17, 15) is 4.79 Å². The van der Waals surface area contributed by atoms with E-state index in [1.54, 1.807) is 0 Å². The number of carbonyl (C=O) groups excluding carboxylic acids is 1. The highest BCUT2D eigenvalue weighted by Gasteiger charge is 2.15. The minimum absolute atomic E-state index is 0.391. The smallest absolute Gasteiger partial charge is 0.407 e. The Morgan fingerprint density at radius 3 is 2.32 bits per heavy atom. The monoisotopic (exact) mass is 435 g/mol. The van der Waals surface area contributed by atoms with E-state index in [1.807, 2.05) is 52.0 Å². The Bertz CT molecular complexity index is 654. The van der Waals surface area contributed by atoms with Crippen LogP contribution in [0.1, 0.15) is 46.1 Å². The van der Waals surface area contributed by atoms with Crippen LogP contribution in [0.4, 0.5) is 4.79 Å². The topological polar surface area (TPSA) is 87.2 Å². The summed E-state index contributed by atoms with van der Waals surface area (Å²) < 4.78 is 11.0. The molecular weight excluding hydrogens is 394 g/mol. The van der Waals surface area contributed by atoms with Gasteiger partial charge in [0.2, 0.25) is 0 Å². The van der Waals surface area contributed by atoms with E-state index in [0.29, 0.717) is 26.2 Å². The summed E-state index contributed by atoms with van der Waals surface area (Å²) in [5.74, 6) is 1.64. The maximum absolute atomic E-state index is 11.6. The average Bonchev–Trinajstić information content (AvgIpc) is 2.68. The van der Waals surface area contributed by atoms with Gasteiger partial charge in [-0.2, -0.15) is 0 Å². The summed E-state index contributed by atoms with van der Waals surface area (Å²) in [6.07, 6.45) is 1.38. The number of nitrogens with zero attached hydrogens (tertiary/aromatic N) is 2. The third-order valence-electron chi connectivity index (χ3n) is 4.02. The number of amides is 1. The third-order valence-corrected chi connectivity index (χ3v) is 4.02. The number of rotatable bonds is 12. The van der Waals surface area contributed by atoms with E-state index >= 15 is 0 Å². The van der Waals surface area contributed by atoms with Crippen LogP contribution in [0.5, 0.6) is 5.75 Å². The fourth-order valence-corrected chi connectivity index (χ4v) is 2.57. The van der Waals surface area contributed by atoms with Gasteiger partial charge in [0.25, 0.3) is 0 Å². The van der Waals surface area contributed by atoms with Crippen molar-refractivity contribution < 1.29 is 14.3 Å². The molecule has 3 N–H and O–H groups in total. The van der Waals surface area contributed by atoms with Crippen LogP contribution in [-0.4, -0.2) is 69.4 Å². The van der Waals surface area contributed by atoms with Gasteiger partial charge < -0.3 is 30.3 Å². The molecular formula is C23H41N5O3. The number of guanidine groups is 1. The molecule has 0 aliphatic heterocycles. The quantitative estimate of drug-likeness (QED) is 0.266. The highest BCUT2D eigenvalue weighted by atomic mass is 16.6. The third kappa shape index (κ3) is 14.2. The first kappa shape index (κ1) is 26.6. The van der Waals surface area contributed by atoms with Crippen LogP contribution in [0.3, 0.4) is 0 Å². The Kier molecular flexibility index (Phi) is 12.4. The largest absolute Gasteiger partial charge is 0.494 e. The maximum atomic E-state index is 11.6. The fraction of sp³-hybridized carbons (Fsp3) is 0.652. The summed E-state index contributed by atoms with van der Waals surface area (Å²) in [5, 5.41) is 9.28. The van der Waals surface area contributed by atoms with Crippen molar-refractivity contribution in [2.45, 2.75) is 52.7 Å². The molecule has 0 saturated carbocycles. The predicted octanol–water partition coefficient (Wildman–Crippen LogP) is 2.99. The number of benzene rings is 1. The summed E-state index contributed by atoms with van der Waals surface area (Å²) in [7, 11) is 4.12. The Morgan fingerprint density at radius 1 is 1.03 bits per heavy atom. The molecule has 1 aromatic rings. The van der Waals surface area contributed by atoms with E-state index in [1.165, 1.54) is 0 Å². The van der Waals surface area contributed by atoms with Crippen molar-refractivity contribution in [3.63, 3.8) is 0 Å². The van der Waals surface area contributed by atoms with Gasteiger partial charge in [-0.3, -0.25) is 0 Å². The Labute approximate surface area is 187 Å². The molecule has 0 spiro atoms. The van der Waals surface area contributed by atoms with Gasteiger partial charge in [0, 0.05) is 26.2 Å². The molecule has 0 saturated heterocycles. The Hall–Kier alpha value is -2.48. The van der Waals surface area contributed by atoms with Crippen molar-refractivity contribution in [3.05, 3.63) is 29.8 Å². The summed E-state index contributed by atoms with van der Waals surface area (Å²) in [6.45, 7) is 11.9. The number of nitrogens with one attached hydrogen (secondary N) is 3. The van der Waals surface area contributed by atoms with Crippen molar-refractivity contribution >= 4 is 12.1 Å². The molecule has 0 aliphatic rings. The number of hydrogen-bond donors (Lipinski definition) is 3. The first-order chi connectivity index (χ1) is 14.7. The van der Waals surface area contributed by atoms with Crippen molar-refractivity contribution in [2.75, 3.05) is 46.9 Å². The van der Waals surface area contributed by atoms with Crippen molar-refractivity contribution in [3.8, 4) is 5.75 Å². The van der Waals surface area contributed by atoms with E-state index in [2.05, 4.69) is 39.9 Å². The van der Waals surface area contributed by atoms with E-state index in [-0.39, 0.29) is 0 Å². The van der Waals surface area contributed by atoms with Crippen molar-refractivity contribution in [1.29, 1.82) is 0 Å². The number of carbonyl (C=O) groups is 1.